The summed E-state index contributed by atoms with van der Waals surface area (Å²) in [6.07, 6.45) is 3.52. The van der Waals surface area contributed by atoms with Crippen LogP contribution in [0, 0.1) is 17.3 Å². The van der Waals surface area contributed by atoms with Crippen molar-refractivity contribution in [1.82, 2.24) is 10.6 Å². The van der Waals surface area contributed by atoms with Gasteiger partial charge in [-0.25, -0.2) is 0 Å². The molecule has 1 aliphatic rings. The monoisotopic (exact) mass is 298 g/mol. The number of amides is 1. The molecule has 0 unspecified atom stereocenters. The number of nitrogens with one attached hydrogen (secondary N) is 2. The molecule has 0 bridgehead atoms. The molecule has 1 heterocycles. The molecule has 5 heteroatoms. The summed E-state index contributed by atoms with van der Waals surface area (Å²) in [4.78, 5) is 23.5. The highest BCUT2D eigenvalue weighted by atomic mass is 16.4. The average molecular weight is 298 g/mol. The van der Waals surface area contributed by atoms with Gasteiger partial charge in [0, 0.05) is 13.0 Å². The van der Waals surface area contributed by atoms with E-state index in [2.05, 4.69) is 31.4 Å². The Morgan fingerprint density at radius 3 is 2.38 bits per heavy atom. The van der Waals surface area contributed by atoms with E-state index in [1.807, 2.05) is 0 Å². The third-order valence-corrected chi connectivity index (χ3v) is 4.54. The largest absolute Gasteiger partial charge is 0.481 e. The molecule has 0 radical (unpaired) electrons. The highest BCUT2D eigenvalue weighted by molar-refractivity contribution is 5.82. The van der Waals surface area contributed by atoms with E-state index in [0.29, 0.717) is 12.5 Å². The molecule has 1 aliphatic heterocycles. The van der Waals surface area contributed by atoms with Crippen LogP contribution in [0.3, 0.4) is 0 Å². The van der Waals surface area contributed by atoms with Crippen LogP contribution in [0.2, 0.25) is 0 Å². The maximum atomic E-state index is 12.5. The van der Waals surface area contributed by atoms with E-state index >= 15 is 0 Å². The maximum Gasteiger partial charge on any atom is 0.303 e. The van der Waals surface area contributed by atoms with Crippen LogP contribution in [0.15, 0.2) is 0 Å². The molecular formula is C16H30N2O3. The number of hydrogen-bond acceptors (Lipinski definition) is 3. The normalized spacial score (nSPS) is 19.2. The first-order chi connectivity index (χ1) is 9.89. The molecule has 3 N–H and O–H groups in total. The van der Waals surface area contributed by atoms with Gasteiger partial charge in [0.1, 0.15) is 0 Å². The molecule has 1 atom stereocenters. The molecule has 1 rings (SSSR count). The molecule has 0 spiro atoms. The lowest BCUT2D eigenvalue weighted by molar-refractivity contribution is -0.139. The summed E-state index contributed by atoms with van der Waals surface area (Å²) in [6.45, 7) is 8.46. The standard InChI is InChI=1S/C16H30N2O3/c1-4-16(5-7-17-8-6-16)15(21)18-11-13(9-12(2)3)10-14(19)20/h12-13,17H,4-11H2,1-3H3,(H,18,21)(H,19,20)/t13-/m0/s1. The predicted molar refractivity (Wildman–Crippen MR) is 83.0 cm³/mol. The van der Waals surface area contributed by atoms with E-state index in [9.17, 15) is 9.59 Å². The zero-order valence-electron chi connectivity index (χ0n) is 13.6. The lowest BCUT2D eigenvalue weighted by atomic mass is 9.75. The number of aliphatic carboxylic acids is 1. The van der Waals surface area contributed by atoms with Gasteiger partial charge >= 0.3 is 5.97 Å². The van der Waals surface area contributed by atoms with E-state index in [0.717, 1.165) is 38.8 Å². The fourth-order valence-corrected chi connectivity index (χ4v) is 3.22. The molecule has 0 aliphatic carbocycles. The first-order valence-electron chi connectivity index (χ1n) is 8.10. The lowest BCUT2D eigenvalue weighted by Gasteiger charge is -2.35. The molecule has 21 heavy (non-hydrogen) atoms. The van der Waals surface area contributed by atoms with Gasteiger partial charge < -0.3 is 15.7 Å². The number of carboxylic acid groups (broad SMARTS) is 1. The van der Waals surface area contributed by atoms with Crippen molar-refractivity contribution < 1.29 is 14.7 Å². The van der Waals surface area contributed by atoms with Crippen LogP contribution in [0.4, 0.5) is 0 Å². The van der Waals surface area contributed by atoms with Crippen LogP contribution in [0.1, 0.15) is 52.9 Å². The fraction of sp³-hybridized carbons (Fsp3) is 0.875. The Balaban J connectivity index is 2.56. The van der Waals surface area contributed by atoms with E-state index in [1.54, 1.807) is 0 Å². The predicted octanol–water partition coefficient (Wildman–Crippen LogP) is 2.02. The molecule has 1 amide bonds. The topological polar surface area (TPSA) is 78.4 Å². The van der Waals surface area contributed by atoms with E-state index in [-0.39, 0.29) is 23.7 Å². The van der Waals surface area contributed by atoms with Crippen molar-refractivity contribution in [3.05, 3.63) is 0 Å². The van der Waals surface area contributed by atoms with E-state index < -0.39 is 5.97 Å². The summed E-state index contributed by atoms with van der Waals surface area (Å²) >= 11 is 0. The number of carbonyl (C=O) groups is 2. The first kappa shape index (κ1) is 18.0. The molecule has 1 saturated heterocycles. The molecule has 0 aromatic heterocycles. The van der Waals surface area contributed by atoms with Crippen molar-refractivity contribution in [2.24, 2.45) is 17.3 Å². The Hall–Kier alpha value is -1.10. The van der Waals surface area contributed by atoms with Crippen molar-refractivity contribution in [1.29, 1.82) is 0 Å². The Morgan fingerprint density at radius 2 is 1.90 bits per heavy atom. The van der Waals surface area contributed by atoms with Gasteiger partial charge in [-0.15, -0.1) is 0 Å². The summed E-state index contributed by atoms with van der Waals surface area (Å²) in [5, 5.41) is 15.3. The summed E-state index contributed by atoms with van der Waals surface area (Å²) in [5.74, 6) is -0.236. The van der Waals surface area contributed by atoms with Crippen LogP contribution in [-0.2, 0) is 9.59 Å². The zero-order valence-corrected chi connectivity index (χ0v) is 13.6. The van der Waals surface area contributed by atoms with Gasteiger partial charge in [0.25, 0.3) is 0 Å². The van der Waals surface area contributed by atoms with Gasteiger partial charge in [0.2, 0.25) is 5.91 Å². The SMILES string of the molecule is CCC1(C(=O)NC[C@H](CC(=O)O)CC(C)C)CCNCC1. The minimum atomic E-state index is -0.790. The van der Waals surface area contributed by atoms with Crippen molar-refractivity contribution in [2.45, 2.75) is 52.9 Å². The molecule has 0 aromatic carbocycles. The third-order valence-electron chi connectivity index (χ3n) is 4.54. The van der Waals surface area contributed by atoms with Gasteiger partial charge in [-0.2, -0.15) is 0 Å². The minimum absolute atomic E-state index is 0.0158. The maximum absolute atomic E-state index is 12.5. The second kappa shape index (κ2) is 8.37. The van der Waals surface area contributed by atoms with Gasteiger partial charge in [0.15, 0.2) is 0 Å². The van der Waals surface area contributed by atoms with Crippen LogP contribution < -0.4 is 10.6 Å². The quantitative estimate of drug-likeness (QED) is 0.640. The summed E-state index contributed by atoms with van der Waals surface area (Å²) < 4.78 is 0. The summed E-state index contributed by atoms with van der Waals surface area (Å²) in [5.41, 5.74) is -0.267. The molecule has 5 nitrogen and oxygen atoms in total. The molecule has 0 aromatic rings. The minimum Gasteiger partial charge on any atom is -0.481 e. The smallest absolute Gasteiger partial charge is 0.303 e. The number of rotatable bonds is 8. The average Bonchev–Trinajstić information content (AvgIpc) is 2.44. The Labute approximate surface area is 127 Å². The van der Waals surface area contributed by atoms with Gasteiger partial charge in [-0.3, -0.25) is 9.59 Å². The van der Waals surface area contributed by atoms with Crippen molar-refractivity contribution >= 4 is 11.9 Å². The summed E-state index contributed by atoms with van der Waals surface area (Å²) in [7, 11) is 0. The Kier molecular flexibility index (Phi) is 7.15. The highest BCUT2D eigenvalue weighted by Gasteiger charge is 2.37. The van der Waals surface area contributed by atoms with Crippen molar-refractivity contribution in [2.75, 3.05) is 19.6 Å². The van der Waals surface area contributed by atoms with Crippen LogP contribution in [-0.4, -0.2) is 36.6 Å². The molecular weight excluding hydrogens is 268 g/mol. The van der Waals surface area contributed by atoms with E-state index in [1.165, 1.54) is 0 Å². The van der Waals surface area contributed by atoms with Gasteiger partial charge in [-0.05, 0) is 50.6 Å². The van der Waals surface area contributed by atoms with Crippen LogP contribution >= 0.6 is 0 Å². The number of carbonyl (C=O) groups excluding carboxylic acids is 1. The highest BCUT2D eigenvalue weighted by Crippen LogP contribution is 2.32. The molecule has 0 saturated carbocycles. The Bertz CT molecular complexity index is 349. The second-order valence-corrected chi connectivity index (χ2v) is 6.69. The van der Waals surface area contributed by atoms with Gasteiger partial charge in [-0.1, -0.05) is 20.8 Å². The zero-order chi connectivity index (χ0) is 15.9. The van der Waals surface area contributed by atoms with E-state index in [4.69, 9.17) is 5.11 Å². The molecule has 122 valence electrons. The van der Waals surface area contributed by atoms with Crippen LogP contribution in [0.5, 0.6) is 0 Å². The van der Waals surface area contributed by atoms with Gasteiger partial charge in [0.05, 0.1) is 5.41 Å². The first-order valence-corrected chi connectivity index (χ1v) is 8.10. The molecule has 1 fully saturated rings. The number of carboxylic acids is 1. The Morgan fingerprint density at radius 1 is 1.29 bits per heavy atom. The van der Waals surface area contributed by atoms with Crippen molar-refractivity contribution in [3.8, 4) is 0 Å². The lowest BCUT2D eigenvalue weighted by Crippen LogP contribution is -2.48. The fourth-order valence-electron chi connectivity index (χ4n) is 3.22. The third kappa shape index (κ3) is 5.65. The van der Waals surface area contributed by atoms with Crippen molar-refractivity contribution in [3.63, 3.8) is 0 Å². The van der Waals surface area contributed by atoms with Crippen LogP contribution in [0.25, 0.3) is 0 Å². The number of hydrogen-bond donors (Lipinski definition) is 3. The summed E-state index contributed by atoms with van der Waals surface area (Å²) in [6, 6.07) is 0. The number of piperidine rings is 1. The second-order valence-electron chi connectivity index (χ2n) is 6.69.